The largest absolute Gasteiger partial charge is 0.497 e. The summed E-state index contributed by atoms with van der Waals surface area (Å²) in [4.78, 5) is 27.9. The second-order valence-electron chi connectivity index (χ2n) is 10.7. The van der Waals surface area contributed by atoms with Gasteiger partial charge in [0.25, 0.3) is 5.91 Å². The van der Waals surface area contributed by atoms with Gasteiger partial charge in [-0.05, 0) is 69.5 Å². The number of hydrogen-bond donors (Lipinski definition) is 1. The van der Waals surface area contributed by atoms with Crippen molar-refractivity contribution in [3.05, 3.63) is 58.7 Å². The van der Waals surface area contributed by atoms with Gasteiger partial charge in [0, 0.05) is 29.8 Å². The van der Waals surface area contributed by atoms with E-state index in [2.05, 4.69) is 5.32 Å². The number of carbonyl (C=O) groups is 2. The maximum atomic E-state index is 15.1. The van der Waals surface area contributed by atoms with Crippen molar-refractivity contribution >= 4 is 17.7 Å². The first-order valence-corrected chi connectivity index (χ1v) is 12.3. The molecule has 0 saturated carbocycles. The van der Waals surface area contributed by atoms with Crippen molar-refractivity contribution in [2.24, 2.45) is 0 Å². The van der Waals surface area contributed by atoms with Crippen LogP contribution in [0.4, 0.5) is 19.3 Å². The van der Waals surface area contributed by atoms with Crippen LogP contribution in [0.5, 0.6) is 5.75 Å². The Morgan fingerprint density at radius 3 is 2.30 bits per heavy atom. The number of amides is 2. The number of fused-ring (bicyclic) bond motifs is 1. The van der Waals surface area contributed by atoms with Crippen molar-refractivity contribution in [2.75, 3.05) is 32.2 Å². The lowest BCUT2D eigenvalue weighted by molar-refractivity contribution is -0.122. The van der Waals surface area contributed by atoms with E-state index in [1.54, 1.807) is 53.9 Å². The van der Waals surface area contributed by atoms with Gasteiger partial charge >= 0.3 is 6.09 Å². The van der Waals surface area contributed by atoms with Crippen LogP contribution in [-0.4, -0.2) is 49.4 Å². The fraction of sp³-hybridized carbons (Fsp3) is 0.500. The van der Waals surface area contributed by atoms with Crippen molar-refractivity contribution in [1.82, 2.24) is 4.90 Å². The number of carbonyl (C=O) groups excluding carboxylic acids is 2. The van der Waals surface area contributed by atoms with Crippen LogP contribution in [0.25, 0.3) is 0 Å². The lowest BCUT2D eigenvalue weighted by Crippen LogP contribution is -2.47. The van der Waals surface area contributed by atoms with E-state index in [-0.39, 0.29) is 24.4 Å². The normalized spacial score (nSPS) is 15.7. The zero-order valence-electron chi connectivity index (χ0n) is 22.5. The standard InChI is InChI=1S/C28H36F2N2O5/c1-8-36-16-28(5,6)23-21(29)14-18(15-22(23)30)31-25(33)24-20-10-9-19(35-7)13-17(20)11-12-32(24)26(34)37-27(2,3)4/h9-10,13-15,24H,8,11-12,16H2,1-7H3,(H,31,33)/t24-/m1/s1. The van der Waals surface area contributed by atoms with Crippen molar-refractivity contribution < 1.29 is 32.6 Å². The maximum Gasteiger partial charge on any atom is 0.411 e. The Labute approximate surface area is 217 Å². The van der Waals surface area contributed by atoms with E-state index in [4.69, 9.17) is 14.2 Å². The Morgan fingerprint density at radius 1 is 1.08 bits per heavy atom. The minimum Gasteiger partial charge on any atom is -0.497 e. The molecule has 2 aromatic rings. The number of nitrogens with zero attached hydrogens (tertiary/aromatic N) is 1. The highest BCUT2D eigenvalue weighted by atomic mass is 19.1. The number of halogens is 2. The molecule has 202 valence electrons. The highest BCUT2D eigenvalue weighted by Crippen LogP contribution is 2.35. The molecular weight excluding hydrogens is 482 g/mol. The van der Waals surface area contributed by atoms with E-state index in [0.717, 1.165) is 17.7 Å². The first-order chi connectivity index (χ1) is 17.3. The number of nitrogens with one attached hydrogen (secondary N) is 1. The molecule has 37 heavy (non-hydrogen) atoms. The van der Waals surface area contributed by atoms with Crippen LogP contribution in [0.3, 0.4) is 0 Å². The summed E-state index contributed by atoms with van der Waals surface area (Å²) in [5.74, 6) is -1.58. The third-order valence-electron chi connectivity index (χ3n) is 6.11. The van der Waals surface area contributed by atoms with E-state index in [1.807, 2.05) is 13.0 Å². The molecule has 0 saturated heterocycles. The van der Waals surface area contributed by atoms with E-state index in [9.17, 15) is 9.59 Å². The van der Waals surface area contributed by atoms with E-state index in [1.165, 1.54) is 4.90 Å². The number of hydrogen-bond acceptors (Lipinski definition) is 5. The van der Waals surface area contributed by atoms with Crippen LogP contribution >= 0.6 is 0 Å². The van der Waals surface area contributed by atoms with Crippen LogP contribution < -0.4 is 10.1 Å². The fourth-order valence-electron chi connectivity index (χ4n) is 4.46. The van der Waals surface area contributed by atoms with Crippen LogP contribution in [0.15, 0.2) is 30.3 Å². The number of rotatable bonds is 7. The zero-order valence-corrected chi connectivity index (χ0v) is 22.5. The molecule has 2 amide bonds. The minimum absolute atomic E-state index is 0.0549. The summed E-state index contributed by atoms with van der Waals surface area (Å²) in [5.41, 5.74) is -0.434. The summed E-state index contributed by atoms with van der Waals surface area (Å²) >= 11 is 0. The fourth-order valence-corrected chi connectivity index (χ4v) is 4.46. The molecule has 0 bridgehead atoms. The summed E-state index contributed by atoms with van der Waals surface area (Å²) in [6, 6.07) is 6.34. The van der Waals surface area contributed by atoms with E-state index >= 15 is 8.78 Å². The molecule has 1 N–H and O–H groups in total. The summed E-state index contributed by atoms with van der Waals surface area (Å²) in [7, 11) is 1.55. The molecule has 0 spiro atoms. The average molecular weight is 519 g/mol. The monoisotopic (exact) mass is 518 g/mol. The Morgan fingerprint density at radius 2 is 1.73 bits per heavy atom. The lowest BCUT2D eigenvalue weighted by Gasteiger charge is -2.37. The van der Waals surface area contributed by atoms with Crippen molar-refractivity contribution in [3.63, 3.8) is 0 Å². The minimum atomic E-state index is -1.07. The predicted octanol–water partition coefficient (Wildman–Crippen LogP) is 5.76. The molecule has 0 unspecified atom stereocenters. The van der Waals surface area contributed by atoms with E-state index in [0.29, 0.717) is 24.3 Å². The van der Waals surface area contributed by atoms with Crippen molar-refractivity contribution in [1.29, 1.82) is 0 Å². The highest BCUT2D eigenvalue weighted by Gasteiger charge is 2.39. The number of anilines is 1. The molecule has 9 heteroatoms. The highest BCUT2D eigenvalue weighted by molar-refractivity contribution is 5.98. The van der Waals surface area contributed by atoms with Gasteiger partial charge in [0.1, 0.15) is 29.0 Å². The van der Waals surface area contributed by atoms with Gasteiger partial charge in [-0.25, -0.2) is 13.6 Å². The predicted molar refractivity (Wildman–Crippen MR) is 137 cm³/mol. The van der Waals surface area contributed by atoms with Gasteiger partial charge in [0.2, 0.25) is 0 Å². The Kier molecular flexibility index (Phi) is 8.47. The van der Waals surface area contributed by atoms with Gasteiger partial charge < -0.3 is 19.5 Å². The van der Waals surface area contributed by atoms with Crippen LogP contribution in [0.2, 0.25) is 0 Å². The number of methoxy groups -OCH3 is 1. The maximum absolute atomic E-state index is 15.1. The summed E-state index contributed by atoms with van der Waals surface area (Å²) in [6.45, 7) is 11.2. The Hall–Kier alpha value is -3.20. The van der Waals surface area contributed by atoms with Gasteiger partial charge in [-0.15, -0.1) is 0 Å². The molecule has 0 fully saturated rings. The molecule has 0 aromatic heterocycles. The van der Waals surface area contributed by atoms with Crippen molar-refractivity contribution in [2.45, 2.75) is 65.0 Å². The number of ether oxygens (including phenoxy) is 3. The zero-order chi connectivity index (χ0) is 27.5. The Balaban J connectivity index is 1.96. The smallest absolute Gasteiger partial charge is 0.411 e. The first kappa shape index (κ1) is 28.4. The molecule has 0 radical (unpaired) electrons. The van der Waals surface area contributed by atoms with E-state index < -0.39 is 40.7 Å². The average Bonchev–Trinajstić information content (AvgIpc) is 2.79. The third-order valence-corrected chi connectivity index (χ3v) is 6.11. The molecule has 1 heterocycles. The topological polar surface area (TPSA) is 77.1 Å². The Bertz CT molecular complexity index is 1140. The first-order valence-electron chi connectivity index (χ1n) is 12.3. The van der Waals surface area contributed by atoms with Gasteiger partial charge in [-0.1, -0.05) is 19.9 Å². The summed E-state index contributed by atoms with van der Waals surface area (Å²) in [6.07, 6.45) is -0.165. The molecule has 1 aliphatic heterocycles. The van der Waals surface area contributed by atoms with Gasteiger partial charge in [-0.3, -0.25) is 9.69 Å². The molecule has 0 aliphatic carbocycles. The number of benzene rings is 2. The quantitative estimate of drug-likeness (QED) is 0.504. The molecule has 1 aliphatic rings. The van der Waals surface area contributed by atoms with Crippen LogP contribution in [-0.2, 0) is 26.1 Å². The summed E-state index contributed by atoms with van der Waals surface area (Å²) in [5, 5.41) is 2.60. The molecule has 1 atom stereocenters. The summed E-state index contributed by atoms with van der Waals surface area (Å²) < 4.78 is 46.4. The molecule has 3 rings (SSSR count). The SMILES string of the molecule is CCOCC(C)(C)c1c(F)cc(NC(=O)[C@H]2c3ccc(OC)cc3CCN2C(=O)OC(C)(C)C)cc1F. The van der Waals surface area contributed by atoms with Gasteiger partial charge in [-0.2, -0.15) is 0 Å². The van der Waals surface area contributed by atoms with Crippen LogP contribution in [0.1, 0.15) is 64.3 Å². The van der Waals surface area contributed by atoms with Gasteiger partial charge in [0.05, 0.1) is 13.7 Å². The van der Waals surface area contributed by atoms with Gasteiger partial charge in [0.15, 0.2) is 0 Å². The molecule has 7 nitrogen and oxygen atoms in total. The van der Waals surface area contributed by atoms with Crippen molar-refractivity contribution in [3.8, 4) is 5.75 Å². The second kappa shape index (κ2) is 11.0. The third kappa shape index (κ3) is 6.57. The molecule has 2 aromatic carbocycles. The van der Waals surface area contributed by atoms with Crippen LogP contribution in [0, 0.1) is 11.6 Å². The second-order valence-corrected chi connectivity index (χ2v) is 10.7. The lowest BCUT2D eigenvalue weighted by atomic mass is 9.84. The molecular formula is C28H36F2N2O5.